The van der Waals surface area contributed by atoms with Crippen molar-refractivity contribution in [2.75, 3.05) is 19.7 Å². The highest BCUT2D eigenvalue weighted by Crippen LogP contribution is 2.15. The largest absolute Gasteiger partial charge is 0.450 e. The molecule has 1 rings (SSSR count). The van der Waals surface area contributed by atoms with Crippen LogP contribution >= 0.6 is 0 Å². The summed E-state index contributed by atoms with van der Waals surface area (Å²) < 4.78 is 27.0. The second-order valence-corrected chi connectivity index (χ2v) is 5.34. The number of likely N-dealkylation sites (tertiary alicyclic amines) is 1. The highest BCUT2D eigenvalue weighted by Gasteiger charge is 2.30. The average molecular weight is 236 g/mol. The number of ether oxygens (including phenoxy) is 1. The summed E-state index contributed by atoms with van der Waals surface area (Å²) in [5.41, 5.74) is 0. The number of piperidine rings is 1. The van der Waals surface area contributed by atoms with Crippen LogP contribution in [0, 0.1) is 0 Å². The van der Waals surface area contributed by atoms with Crippen molar-refractivity contribution in [1.82, 2.24) is 4.90 Å². The fourth-order valence-corrected chi connectivity index (χ4v) is 2.47. The molecule has 1 fully saturated rings. The molecule has 0 radical (unpaired) electrons. The molecule has 15 heavy (non-hydrogen) atoms. The van der Waals surface area contributed by atoms with Crippen molar-refractivity contribution in [2.24, 2.45) is 5.14 Å². The Balaban J connectivity index is 2.60. The first-order valence-corrected chi connectivity index (χ1v) is 6.49. The van der Waals surface area contributed by atoms with E-state index in [0.29, 0.717) is 19.4 Å². The molecule has 1 amide bonds. The maximum Gasteiger partial charge on any atom is 0.409 e. The number of nitrogens with zero attached hydrogens (tertiary/aromatic N) is 1. The van der Waals surface area contributed by atoms with Crippen LogP contribution < -0.4 is 5.14 Å². The minimum Gasteiger partial charge on any atom is -0.450 e. The molecule has 1 atom stereocenters. The molecule has 6 nitrogen and oxygen atoms in total. The number of amides is 1. The molecule has 0 aromatic rings. The Kier molecular flexibility index (Phi) is 3.92. The summed E-state index contributed by atoms with van der Waals surface area (Å²) in [5.74, 6) is 0. The molecule has 0 aromatic heterocycles. The number of nitrogens with two attached hydrogens (primary N) is 1. The van der Waals surface area contributed by atoms with Crippen molar-refractivity contribution in [3.63, 3.8) is 0 Å². The van der Waals surface area contributed by atoms with Gasteiger partial charge in [-0.25, -0.2) is 18.4 Å². The molecule has 1 aliphatic heterocycles. The average Bonchev–Trinajstić information content (AvgIpc) is 2.17. The van der Waals surface area contributed by atoms with E-state index in [9.17, 15) is 13.2 Å². The van der Waals surface area contributed by atoms with Crippen molar-refractivity contribution in [2.45, 2.75) is 25.0 Å². The third kappa shape index (κ3) is 3.35. The molecule has 1 unspecified atom stereocenters. The third-order valence-electron chi connectivity index (χ3n) is 2.37. The number of carbonyl (C=O) groups is 1. The van der Waals surface area contributed by atoms with E-state index in [1.54, 1.807) is 6.92 Å². The van der Waals surface area contributed by atoms with Gasteiger partial charge in [0, 0.05) is 13.1 Å². The van der Waals surface area contributed by atoms with Gasteiger partial charge in [0.1, 0.15) is 0 Å². The summed E-state index contributed by atoms with van der Waals surface area (Å²) in [7, 11) is -3.56. The van der Waals surface area contributed by atoms with Gasteiger partial charge < -0.3 is 9.64 Å². The predicted octanol–water partition coefficient (Wildman–Crippen LogP) is -0.104. The van der Waals surface area contributed by atoms with Gasteiger partial charge in [-0.3, -0.25) is 0 Å². The first-order chi connectivity index (χ1) is 6.95. The SMILES string of the molecule is CCOC(=O)N1CCCC(S(N)(=O)=O)C1. The number of hydrogen-bond donors (Lipinski definition) is 1. The molecule has 2 N–H and O–H groups in total. The summed E-state index contributed by atoms with van der Waals surface area (Å²) in [6.45, 7) is 2.66. The van der Waals surface area contributed by atoms with Crippen LogP contribution in [0.4, 0.5) is 4.79 Å². The monoisotopic (exact) mass is 236 g/mol. The van der Waals surface area contributed by atoms with Crippen molar-refractivity contribution in [1.29, 1.82) is 0 Å². The lowest BCUT2D eigenvalue weighted by Gasteiger charge is -2.30. The van der Waals surface area contributed by atoms with Gasteiger partial charge >= 0.3 is 6.09 Å². The number of carbonyl (C=O) groups excluding carboxylic acids is 1. The van der Waals surface area contributed by atoms with E-state index in [1.165, 1.54) is 4.90 Å². The van der Waals surface area contributed by atoms with E-state index in [1.807, 2.05) is 0 Å². The van der Waals surface area contributed by atoms with Crippen molar-refractivity contribution >= 4 is 16.1 Å². The van der Waals surface area contributed by atoms with E-state index >= 15 is 0 Å². The highest BCUT2D eigenvalue weighted by atomic mass is 32.2. The van der Waals surface area contributed by atoms with Crippen LogP contribution in [-0.2, 0) is 14.8 Å². The Morgan fingerprint density at radius 3 is 2.80 bits per heavy atom. The Bertz CT molecular complexity index is 328. The van der Waals surface area contributed by atoms with Crippen LogP contribution in [0.25, 0.3) is 0 Å². The quantitative estimate of drug-likeness (QED) is 0.724. The van der Waals surface area contributed by atoms with Crippen LogP contribution in [0.5, 0.6) is 0 Å². The van der Waals surface area contributed by atoms with Crippen LogP contribution in [0.3, 0.4) is 0 Å². The van der Waals surface area contributed by atoms with E-state index in [4.69, 9.17) is 9.88 Å². The van der Waals surface area contributed by atoms with Gasteiger partial charge in [-0.1, -0.05) is 0 Å². The van der Waals surface area contributed by atoms with Crippen molar-refractivity contribution < 1.29 is 17.9 Å². The molecular weight excluding hydrogens is 220 g/mol. The fourth-order valence-electron chi connectivity index (χ4n) is 1.59. The zero-order valence-corrected chi connectivity index (χ0v) is 9.50. The Morgan fingerprint density at radius 1 is 1.60 bits per heavy atom. The highest BCUT2D eigenvalue weighted by molar-refractivity contribution is 7.89. The minimum atomic E-state index is -3.56. The normalized spacial score (nSPS) is 22.5. The number of rotatable bonds is 2. The zero-order chi connectivity index (χ0) is 11.5. The molecule has 88 valence electrons. The first-order valence-electron chi connectivity index (χ1n) is 4.88. The maximum absolute atomic E-state index is 11.3. The molecule has 0 bridgehead atoms. The Labute approximate surface area is 89.4 Å². The molecular formula is C8H16N2O4S. The molecule has 0 aliphatic carbocycles. The van der Waals surface area contributed by atoms with Gasteiger partial charge in [0.05, 0.1) is 11.9 Å². The van der Waals surface area contributed by atoms with E-state index < -0.39 is 21.4 Å². The number of sulfonamides is 1. The summed E-state index contributed by atoms with van der Waals surface area (Å²) in [6, 6.07) is 0. The molecule has 1 saturated heterocycles. The zero-order valence-electron chi connectivity index (χ0n) is 8.68. The summed E-state index contributed by atoms with van der Waals surface area (Å²) in [6.07, 6.45) is 0.681. The lowest BCUT2D eigenvalue weighted by atomic mass is 10.1. The van der Waals surface area contributed by atoms with Crippen molar-refractivity contribution in [3.8, 4) is 0 Å². The summed E-state index contributed by atoms with van der Waals surface area (Å²) in [5, 5.41) is 4.38. The maximum atomic E-state index is 11.3. The summed E-state index contributed by atoms with van der Waals surface area (Å²) in [4.78, 5) is 12.7. The van der Waals surface area contributed by atoms with E-state index in [-0.39, 0.29) is 13.2 Å². The van der Waals surface area contributed by atoms with E-state index in [2.05, 4.69) is 0 Å². The molecule has 1 heterocycles. The number of primary sulfonamides is 1. The van der Waals surface area contributed by atoms with E-state index in [0.717, 1.165) is 0 Å². The van der Waals surface area contributed by atoms with Crippen LogP contribution in [0.2, 0.25) is 0 Å². The molecule has 0 saturated carbocycles. The second kappa shape index (κ2) is 4.80. The van der Waals surface area contributed by atoms with Crippen LogP contribution in [0.1, 0.15) is 19.8 Å². The molecule has 0 aromatic carbocycles. The lowest BCUT2D eigenvalue weighted by molar-refractivity contribution is 0.100. The minimum absolute atomic E-state index is 0.137. The van der Waals surface area contributed by atoms with Gasteiger partial charge in [-0.05, 0) is 19.8 Å². The van der Waals surface area contributed by atoms with Gasteiger partial charge in [0.2, 0.25) is 10.0 Å². The van der Waals surface area contributed by atoms with Gasteiger partial charge in [-0.15, -0.1) is 0 Å². The topological polar surface area (TPSA) is 89.7 Å². The first kappa shape index (κ1) is 12.3. The molecule has 1 aliphatic rings. The second-order valence-electron chi connectivity index (χ2n) is 3.50. The fraction of sp³-hybridized carbons (Fsp3) is 0.875. The van der Waals surface area contributed by atoms with Crippen molar-refractivity contribution in [3.05, 3.63) is 0 Å². The molecule has 0 spiro atoms. The summed E-state index contributed by atoms with van der Waals surface area (Å²) >= 11 is 0. The van der Waals surface area contributed by atoms with Gasteiger partial charge in [-0.2, -0.15) is 0 Å². The smallest absolute Gasteiger partial charge is 0.409 e. The van der Waals surface area contributed by atoms with Crippen LogP contribution in [-0.4, -0.2) is 44.4 Å². The third-order valence-corrected chi connectivity index (χ3v) is 3.68. The number of hydrogen-bond acceptors (Lipinski definition) is 4. The van der Waals surface area contributed by atoms with Gasteiger partial charge in [0.25, 0.3) is 0 Å². The lowest BCUT2D eigenvalue weighted by Crippen LogP contribution is -2.47. The molecule has 7 heteroatoms. The van der Waals surface area contributed by atoms with Crippen LogP contribution in [0.15, 0.2) is 0 Å². The standard InChI is InChI=1S/C8H16N2O4S/c1-2-14-8(11)10-5-3-4-7(6-10)15(9,12)13/h7H,2-6H2,1H3,(H2,9,12,13). The predicted molar refractivity (Wildman–Crippen MR) is 54.7 cm³/mol. The Morgan fingerprint density at radius 2 is 2.27 bits per heavy atom. The van der Waals surface area contributed by atoms with Gasteiger partial charge in [0.15, 0.2) is 0 Å². The Hall–Kier alpha value is -0.820.